The van der Waals surface area contributed by atoms with Crippen molar-refractivity contribution in [3.8, 4) is 0 Å². The molecule has 1 aliphatic rings. The lowest BCUT2D eigenvalue weighted by Crippen LogP contribution is -2.36. The highest BCUT2D eigenvalue weighted by Gasteiger charge is 2.19. The van der Waals surface area contributed by atoms with Crippen LogP contribution in [0.25, 0.3) is 0 Å². The Morgan fingerprint density at radius 2 is 2.10 bits per heavy atom. The summed E-state index contributed by atoms with van der Waals surface area (Å²) in [6, 6.07) is 7.83. The minimum absolute atomic E-state index is 0.269. The highest BCUT2D eigenvalue weighted by Crippen LogP contribution is 2.20. The number of nitrogens with zero attached hydrogens (tertiary/aromatic N) is 1. The van der Waals surface area contributed by atoms with Crippen LogP contribution in [0.2, 0.25) is 0 Å². The summed E-state index contributed by atoms with van der Waals surface area (Å²) in [6.45, 7) is 4.87. The number of carbonyl (C=O) groups is 1. The first kappa shape index (κ1) is 15.0. The molecule has 4 heteroatoms. The molecule has 1 aliphatic heterocycles. The average Bonchev–Trinajstić information content (AvgIpc) is 2.47. The molecule has 20 heavy (non-hydrogen) atoms. The fourth-order valence-corrected chi connectivity index (χ4v) is 2.76. The predicted octanol–water partition coefficient (Wildman–Crippen LogP) is 2.08. The maximum absolute atomic E-state index is 10.9. The van der Waals surface area contributed by atoms with Crippen molar-refractivity contribution in [1.82, 2.24) is 4.90 Å². The summed E-state index contributed by atoms with van der Waals surface area (Å²) in [5.74, 6) is -0.854. The van der Waals surface area contributed by atoms with E-state index in [2.05, 4.69) is 4.90 Å². The van der Waals surface area contributed by atoms with Gasteiger partial charge in [0.1, 0.15) is 0 Å². The van der Waals surface area contributed by atoms with Gasteiger partial charge in [-0.15, -0.1) is 0 Å². The summed E-state index contributed by atoms with van der Waals surface area (Å²) in [7, 11) is 0. The molecule has 1 saturated heterocycles. The van der Waals surface area contributed by atoms with E-state index in [1.165, 1.54) is 5.56 Å². The predicted molar refractivity (Wildman–Crippen MR) is 77.6 cm³/mol. The van der Waals surface area contributed by atoms with Gasteiger partial charge in [0.05, 0.1) is 5.92 Å². The number of likely N-dealkylation sites (tertiary alicyclic amines) is 1. The summed E-state index contributed by atoms with van der Waals surface area (Å²) in [5, 5.41) is 18.2. The fourth-order valence-electron chi connectivity index (χ4n) is 2.76. The number of hydrogen-bond acceptors (Lipinski definition) is 3. The zero-order valence-corrected chi connectivity index (χ0v) is 12.0. The van der Waals surface area contributed by atoms with Gasteiger partial charge >= 0.3 is 5.97 Å². The topological polar surface area (TPSA) is 60.8 Å². The van der Waals surface area contributed by atoms with Crippen molar-refractivity contribution in [2.75, 3.05) is 19.7 Å². The molecule has 0 aliphatic carbocycles. The first-order valence-corrected chi connectivity index (χ1v) is 7.25. The maximum atomic E-state index is 10.9. The zero-order chi connectivity index (χ0) is 14.5. The van der Waals surface area contributed by atoms with Gasteiger partial charge in [0.2, 0.25) is 0 Å². The first-order valence-electron chi connectivity index (χ1n) is 7.25. The van der Waals surface area contributed by atoms with Crippen LogP contribution in [0, 0.1) is 5.92 Å². The Hall–Kier alpha value is -1.39. The summed E-state index contributed by atoms with van der Waals surface area (Å²) in [4.78, 5) is 13.3. The molecule has 2 unspecified atom stereocenters. The van der Waals surface area contributed by atoms with Crippen LogP contribution < -0.4 is 0 Å². The van der Waals surface area contributed by atoms with Crippen molar-refractivity contribution < 1.29 is 15.0 Å². The van der Waals surface area contributed by atoms with Gasteiger partial charge in [0, 0.05) is 19.7 Å². The molecule has 1 heterocycles. The Labute approximate surface area is 120 Å². The minimum Gasteiger partial charge on any atom is -0.481 e. The van der Waals surface area contributed by atoms with Gasteiger partial charge < -0.3 is 10.2 Å². The molecule has 4 nitrogen and oxygen atoms in total. The Bertz CT molecular complexity index is 444. The van der Waals surface area contributed by atoms with Crippen molar-refractivity contribution in [2.24, 2.45) is 5.92 Å². The number of carboxylic acid groups (broad SMARTS) is 1. The lowest BCUT2D eigenvalue weighted by atomic mass is 9.97. The van der Waals surface area contributed by atoms with Crippen molar-refractivity contribution in [2.45, 2.75) is 32.2 Å². The number of aliphatic hydroxyl groups excluding tert-OH is 1. The van der Waals surface area contributed by atoms with Crippen molar-refractivity contribution in [3.63, 3.8) is 0 Å². The molecule has 0 aromatic heterocycles. The number of piperidine rings is 1. The van der Waals surface area contributed by atoms with E-state index in [1.807, 2.05) is 24.3 Å². The smallest absolute Gasteiger partial charge is 0.310 e. The van der Waals surface area contributed by atoms with E-state index < -0.39 is 11.9 Å². The van der Waals surface area contributed by atoms with E-state index in [-0.39, 0.29) is 6.61 Å². The lowest BCUT2D eigenvalue weighted by Gasteiger charge is -2.31. The van der Waals surface area contributed by atoms with Crippen molar-refractivity contribution in [3.05, 3.63) is 35.4 Å². The molecule has 0 amide bonds. The van der Waals surface area contributed by atoms with Gasteiger partial charge in [-0.2, -0.15) is 0 Å². The molecule has 2 atom stereocenters. The Morgan fingerprint density at radius 3 is 2.70 bits per heavy atom. The van der Waals surface area contributed by atoms with Crippen LogP contribution in [-0.2, 0) is 11.3 Å². The summed E-state index contributed by atoms with van der Waals surface area (Å²) in [6.07, 6.45) is 2.25. The number of rotatable bonds is 5. The third-order valence-electron chi connectivity index (χ3n) is 4.12. The first-order chi connectivity index (χ1) is 9.60. The molecule has 110 valence electrons. The molecule has 2 rings (SSSR count). The fraction of sp³-hybridized carbons (Fsp3) is 0.562. The molecule has 2 N–H and O–H groups in total. The number of aliphatic hydroxyl groups is 1. The monoisotopic (exact) mass is 277 g/mol. The van der Waals surface area contributed by atoms with Crippen LogP contribution in [-0.4, -0.2) is 40.8 Å². The molecule has 1 aromatic carbocycles. The Kier molecular flexibility index (Phi) is 5.15. The SMILES string of the molecule is CC(C(=O)O)c1ccc(CN2CCCC(CO)C2)cc1. The van der Waals surface area contributed by atoms with Crippen molar-refractivity contribution in [1.29, 1.82) is 0 Å². The quantitative estimate of drug-likeness (QED) is 0.865. The third-order valence-corrected chi connectivity index (χ3v) is 4.12. The van der Waals surface area contributed by atoms with E-state index in [0.29, 0.717) is 5.92 Å². The van der Waals surface area contributed by atoms with E-state index in [0.717, 1.165) is 38.0 Å². The van der Waals surface area contributed by atoms with Crippen LogP contribution in [0.5, 0.6) is 0 Å². The van der Waals surface area contributed by atoms with Crippen LogP contribution in [0.4, 0.5) is 0 Å². The highest BCUT2D eigenvalue weighted by atomic mass is 16.4. The molecular formula is C16H23NO3. The van der Waals surface area contributed by atoms with Crippen LogP contribution >= 0.6 is 0 Å². The van der Waals surface area contributed by atoms with Gasteiger partial charge in [-0.1, -0.05) is 24.3 Å². The van der Waals surface area contributed by atoms with Gasteiger partial charge in [0.25, 0.3) is 0 Å². The standard InChI is InChI=1S/C16H23NO3/c1-12(16(19)20)15-6-4-13(5-7-15)9-17-8-2-3-14(10-17)11-18/h4-7,12,14,18H,2-3,8-11H2,1H3,(H,19,20). The van der Waals surface area contributed by atoms with Crippen LogP contribution in [0.1, 0.15) is 36.8 Å². The number of hydrogen-bond donors (Lipinski definition) is 2. The molecule has 0 radical (unpaired) electrons. The molecule has 1 fully saturated rings. The summed E-state index contributed by atoms with van der Waals surface area (Å²) >= 11 is 0. The molecule has 0 saturated carbocycles. The Balaban J connectivity index is 1.95. The second-order valence-electron chi connectivity index (χ2n) is 5.73. The van der Waals surface area contributed by atoms with Gasteiger partial charge in [-0.05, 0) is 43.4 Å². The minimum atomic E-state index is -0.792. The van der Waals surface area contributed by atoms with E-state index >= 15 is 0 Å². The van der Waals surface area contributed by atoms with E-state index in [4.69, 9.17) is 5.11 Å². The summed E-state index contributed by atoms with van der Waals surface area (Å²) in [5.41, 5.74) is 2.04. The van der Waals surface area contributed by atoms with E-state index in [1.54, 1.807) is 6.92 Å². The molecule has 0 bridgehead atoms. The van der Waals surface area contributed by atoms with E-state index in [9.17, 15) is 9.90 Å². The largest absolute Gasteiger partial charge is 0.481 e. The summed E-state index contributed by atoms with van der Waals surface area (Å²) < 4.78 is 0. The normalized spacial score (nSPS) is 21.6. The zero-order valence-electron chi connectivity index (χ0n) is 12.0. The van der Waals surface area contributed by atoms with Crippen molar-refractivity contribution >= 4 is 5.97 Å². The number of aliphatic carboxylic acids is 1. The molecule has 1 aromatic rings. The second kappa shape index (κ2) is 6.86. The maximum Gasteiger partial charge on any atom is 0.310 e. The highest BCUT2D eigenvalue weighted by molar-refractivity contribution is 5.75. The number of carboxylic acids is 1. The van der Waals surface area contributed by atoms with Crippen LogP contribution in [0.3, 0.4) is 0 Å². The van der Waals surface area contributed by atoms with Gasteiger partial charge in [-0.25, -0.2) is 0 Å². The average molecular weight is 277 g/mol. The lowest BCUT2D eigenvalue weighted by molar-refractivity contribution is -0.138. The van der Waals surface area contributed by atoms with Crippen LogP contribution in [0.15, 0.2) is 24.3 Å². The second-order valence-corrected chi connectivity index (χ2v) is 5.73. The number of benzene rings is 1. The Morgan fingerprint density at radius 1 is 1.40 bits per heavy atom. The van der Waals surface area contributed by atoms with Gasteiger partial charge in [0.15, 0.2) is 0 Å². The molecule has 0 spiro atoms. The van der Waals surface area contributed by atoms with Gasteiger partial charge in [-0.3, -0.25) is 9.69 Å². The third kappa shape index (κ3) is 3.81. The molecular weight excluding hydrogens is 254 g/mol.